The van der Waals surface area contributed by atoms with Crippen LogP contribution in [0.15, 0.2) is 0 Å². The van der Waals surface area contributed by atoms with Crippen LogP contribution >= 0.6 is 0 Å². The van der Waals surface area contributed by atoms with Crippen LogP contribution in [0.4, 0.5) is 0 Å². The van der Waals surface area contributed by atoms with Crippen molar-refractivity contribution in [2.24, 2.45) is 5.92 Å². The van der Waals surface area contributed by atoms with Crippen molar-refractivity contribution in [2.45, 2.75) is 12.8 Å². The number of likely N-dealkylation sites (tertiary alicyclic amines) is 1. The Morgan fingerprint density at radius 2 is 2.12 bits per heavy atom. The normalized spacial score (nSPS) is 19.6. The lowest BCUT2D eigenvalue weighted by molar-refractivity contribution is -0.141. The molecule has 1 heterocycles. The first kappa shape index (κ1) is 13.9. The van der Waals surface area contributed by atoms with E-state index in [2.05, 4.69) is 0 Å². The quantitative estimate of drug-likeness (QED) is 0.637. The lowest BCUT2D eigenvalue weighted by Crippen LogP contribution is -2.30. The molecular formula is C11H19NO5. The number of hydrogen-bond acceptors (Lipinski definition) is 4. The minimum Gasteiger partial charge on any atom is -0.481 e. The van der Waals surface area contributed by atoms with Crippen molar-refractivity contribution in [2.75, 3.05) is 40.0 Å². The smallest absolute Gasteiger partial charge is 0.308 e. The molecule has 0 spiro atoms. The van der Waals surface area contributed by atoms with Crippen LogP contribution < -0.4 is 0 Å². The third kappa shape index (κ3) is 4.70. The fourth-order valence-electron chi connectivity index (χ4n) is 1.75. The van der Waals surface area contributed by atoms with Gasteiger partial charge in [0, 0.05) is 20.2 Å². The van der Waals surface area contributed by atoms with E-state index in [1.807, 2.05) is 0 Å². The van der Waals surface area contributed by atoms with Gasteiger partial charge in [-0.1, -0.05) is 0 Å². The number of rotatable bonds is 7. The zero-order valence-electron chi connectivity index (χ0n) is 10.1. The maximum absolute atomic E-state index is 11.7. The summed E-state index contributed by atoms with van der Waals surface area (Å²) in [6.07, 6.45) is 0.849. The molecule has 0 aromatic carbocycles. The van der Waals surface area contributed by atoms with E-state index in [0.29, 0.717) is 45.8 Å². The highest BCUT2D eigenvalue weighted by Crippen LogP contribution is 2.16. The number of hydrogen-bond donors (Lipinski definition) is 1. The van der Waals surface area contributed by atoms with Crippen LogP contribution in [0.5, 0.6) is 0 Å². The molecule has 1 N–H and O–H groups in total. The monoisotopic (exact) mass is 245 g/mol. The minimum absolute atomic E-state index is 0.0360. The molecule has 0 aromatic heterocycles. The second-order valence-corrected chi connectivity index (χ2v) is 4.02. The number of amides is 1. The summed E-state index contributed by atoms with van der Waals surface area (Å²) in [7, 11) is 1.59. The van der Waals surface area contributed by atoms with Gasteiger partial charge in [-0.15, -0.1) is 0 Å². The Morgan fingerprint density at radius 3 is 2.71 bits per heavy atom. The van der Waals surface area contributed by atoms with Crippen molar-refractivity contribution < 1.29 is 24.2 Å². The van der Waals surface area contributed by atoms with E-state index in [4.69, 9.17) is 14.6 Å². The highest BCUT2D eigenvalue weighted by atomic mass is 16.5. The Kier molecular flexibility index (Phi) is 5.93. The average Bonchev–Trinajstić information content (AvgIpc) is 2.78. The number of carbonyl (C=O) groups is 2. The molecule has 0 aromatic rings. The van der Waals surface area contributed by atoms with Gasteiger partial charge in [0.05, 0.1) is 32.2 Å². The largest absolute Gasteiger partial charge is 0.481 e. The first-order valence-corrected chi connectivity index (χ1v) is 5.72. The molecule has 1 fully saturated rings. The molecule has 17 heavy (non-hydrogen) atoms. The van der Waals surface area contributed by atoms with Gasteiger partial charge in [0.2, 0.25) is 5.91 Å². The lowest BCUT2D eigenvalue weighted by atomic mass is 10.1. The molecule has 98 valence electrons. The van der Waals surface area contributed by atoms with Crippen molar-refractivity contribution in [3.63, 3.8) is 0 Å². The maximum Gasteiger partial charge on any atom is 0.308 e. The Bertz CT molecular complexity index is 269. The summed E-state index contributed by atoms with van der Waals surface area (Å²) in [6.45, 7) is 2.21. The van der Waals surface area contributed by atoms with Gasteiger partial charge in [-0.25, -0.2) is 0 Å². The topological polar surface area (TPSA) is 76.1 Å². The fraction of sp³-hybridized carbons (Fsp3) is 0.818. The molecule has 1 amide bonds. The summed E-state index contributed by atoms with van der Waals surface area (Å²) in [5, 5.41) is 8.81. The number of carbonyl (C=O) groups excluding carboxylic acids is 1. The van der Waals surface area contributed by atoms with Crippen molar-refractivity contribution in [3.05, 3.63) is 0 Å². The average molecular weight is 245 g/mol. The highest BCUT2D eigenvalue weighted by molar-refractivity contribution is 5.78. The zero-order chi connectivity index (χ0) is 12.7. The SMILES string of the molecule is COCCOCCC(=O)N1CCC(C(=O)O)C1. The number of ether oxygens (including phenoxy) is 2. The molecule has 0 saturated carbocycles. The third-order valence-corrected chi connectivity index (χ3v) is 2.78. The number of carboxylic acid groups (broad SMARTS) is 1. The van der Waals surface area contributed by atoms with Gasteiger partial charge >= 0.3 is 5.97 Å². The molecular weight excluding hydrogens is 226 g/mol. The summed E-state index contributed by atoms with van der Waals surface area (Å²) in [4.78, 5) is 24.0. The standard InChI is InChI=1S/C11H19NO5/c1-16-6-7-17-5-3-10(13)12-4-2-9(8-12)11(14)15/h9H,2-8H2,1H3,(H,14,15). The number of nitrogens with zero attached hydrogens (tertiary/aromatic N) is 1. The Labute approximate surface area is 100 Å². The predicted octanol–water partition coefficient (Wildman–Crippen LogP) is -0.0274. The summed E-state index contributed by atoms with van der Waals surface area (Å²) in [5.41, 5.74) is 0. The van der Waals surface area contributed by atoms with Crippen molar-refractivity contribution in [1.82, 2.24) is 4.90 Å². The second-order valence-electron chi connectivity index (χ2n) is 4.02. The van der Waals surface area contributed by atoms with E-state index < -0.39 is 11.9 Å². The van der Waals surface area contributed by atoms with Crippen molar-refractivity contribution in [1.29, 1.82) is 0 Å². The van der Waals surface area contributed by atoms with E-state index >= 15 is 0 Å². The lowest BCUT2D eigenvalue weighted by Gasteiger charge is -2.15. The molecule has 1 atom stereocenters. The van der Waals surface area contributed by atoms with E-state index in [1.54, 1.807) is 12.0 Å². The summed E-state index contributed by atoms with van der Waals surface area (Å²) in [5.74, 6) is -1.27. The predicted molar refractivity (Wildman–Crippen MR) is 59.6 cm³/mol. The van der Waals surface area contributed by atoms with Gasteiger partial charge in [-0.05, 0) is 6.42 Å². The molecule has 1 rings (SSSR count). The Morgan fingerprint density at radius 1 is 1.35 bits per heavy atom. The van der Waals surface area contributed by atoms with Crippen LogP contribution in [-0.2, 0) is 19.1 Å². The Balaban J connectivity index is 2.14. The molecule has 6 nitrogen and oxygen atoms in total. The van der Waals surface area contributed by atoms with E-state index in [0.717, 1.165) is 0 Å². The highest BCUT2D eigenvalue weighted by Gasteiger charge is 2.30. The van der Waals surface area contributed by atoms with Crippen LogP contribution in [-0.4, -0.2) is 61.9 Å². The van der Waals surface area contributed by atoms with Crippen molar-refractivity contribution in [3.8, 4) is 0 Å². The molecule has 1 aliphatic rings. The van der Waals surface area contributed by atoms with Crippen LogP contribution in [0.25, 0.3) is 0 Å². The second kappa shape index (κ2) is 7.24. The molecule has 0 radical (unpaired) electrons. The fourth-order valence-corrected chi connectivity index (χ4v) is 1.75. The number of carboxylic acids is 1. The van der Waals surface area contributed by atoms with Gasteiger partial charge in [-0.2, -0.15) is 0 Å². The van der Waals surface area contributed by atoms with Gasteiger partial charge in [0.15, 0.2) is 0 Å². The van der Waals surface area contributed by atoms with Crippen molar-refractivity contribution >= 4 is 11.9 Å². The minimum atomic E-state index is -0.823. The summed E-state index contributed by atoms with van der Waals surface area (Å²) < 4.78 is 9.99. The van der Waals surface area contributed by atoms with Crippen LogP contribution in [0.2, 0.25) is 0 Å². The van der Waals surface area contributed by atoms with Crippen LogP contribution in [0.3, 0.4) is 0 Å². The van der Waals surface area contributed by atoms with Crippen LogP contribution in [0, 0.1) is 5.92 Å². The van der Waals surface area contributed by atoms with Gasteiger partial charge in [-0.3, -0.25) is 9.59 Å². The molecule has 6 heteroatoms. The van der Waals surface area contributed by atoms with Gasteiger partial charge in [0.25, 0.3) is 0 Å². The first-order valence-electron chi connectivity index (χ1n) is 5.72. The maximum atomic E-state index is 11.7. The first-order chi connectivity index (χ1) is 8.15. The molecule has 0 aliphatic carbocycles. The summed E-state index contributed by atoms with van der Waals surface area (Å²) >= 11 is 0. The van der Waals surface area contributed by atoms with Gasteiger partial charge in [0.1, 0.15) is 0 Å². The molecule has 1 saturated heterocycles. The van der Waals surface area contributed by atoms with Gasteiger partial charge < -0.3 is 19.5 Å². The molecule has 1 aliphatic heterocycles. The number of aliphatic carboxylic acids is 1. The number of methoxy groups -OCH3 is 1. The third-order valence-electron chi connectivity index (χ3n) is 2.78. The zero-order valence-corrected chi connectivity index (χ0v) is 10.1. The Hall–Kier alpha value is -1.14. The van der Waals surface area contributed by atoms with E-state index in [-0.39, 0.29) is 5.91 Å². The molecule has 1 unspecified atom stereocenters. The summed E-state index contributed by atoms with van der Waals surface area (Å²) in [6, 6.07) is 0. The van der Waals surface area contributed by atoms with E-state index in [1.165, 1.54) is 0 Å². The molecule has 0 bridgehead atoms. The van der Waals surface area contributed by atoms with Crippen LogP contribution in [0.1, 0.15) is 12.8 Å². The van der Waals surface area contributed by atoms with E-state index in [9.17, 15) is 9.59 Å².